The highest BCUT2D eigenvalue weighted by molar-refractivity contribution is 5.58. The van der Waals surface area contributed by atoms with E-state index >= 15 is 0 Å². The standard InChI is InChI=1S/C15H26N4O/c1-5-16-13-11(4)14(17-9(2)8-10(3)20)19-15(18-13)12-6-7-12/h9-10,12,20H,5-8H2,1-4H3,(H2,16,17,18,19). The zero-order chi connectivity index (χ0) is 14.7. The normalized spacial score (nSPS) is 17.6. The first-order valence-electron chi connectivity index (χ1n) is 7.58. The lowest BCUT2D eigenvalue weighted by Crippen LogP contribution is -2.22. The van der Waals surface area contributed by atoms with Gasteiger partial charge in [0.25, 0.3) is 0 Å². The van der Waals surface area contributed by atoms with Gasteiger partial charge in [-0.3, -0.25) is 0 Å². The highest BCUT2D eigenvalue weighted by Crippen LogP contribution is 2.39. The van der Waals surface area contributed by atoms with Crippen LogP contribution < -0.4 is 10.6 Å². The molecule has 0 aliphatic heterocycles. The number of aromatic nitrogens is 2. The van der Waals surface area contributed by atoms with Crippen molar-refractivity contribution in [1.29, 1.82) is 0 Å². The lowest BCUT2D eigenvalue weighted by Gasteiger charge is -2.19. The molecule has 20 heavy (non-hydrogen) atoms. The topological polar surface area (TPSA) is 70.1 Å². The van der Waals surface area contributed by atoms with Crippen molar-refractivity contribution in [3.63, 3.8) is 0 Å². The molecule has 2 rings (SSSR count). The fraction of sp³-hybridized carbons (Fsp3) is 0.733. The van der Waals surface area contributed by atoms with Gasteiger partial charge >= 0.3 is 0 Å². The van der Waals surface area contributed by atoms with Gasteiger partial charge in [0.15, 0.2) is 0 Å². The van der Waals surface area contributed by atoms with E-state index in [9.17, 15) is 5.11 Å². The van der Waals surface area contributed by atoms with E-state index in [0.29, 0.717) is 12.3 Å². The van der Waals surface area contributed by atoms with E-state index in [0.717, 1.165) is 29.6 Å². The van der Waals surface area contributed by atoms with Crippen LogP contribution in [0.3, 0.4) is 0 Å². The SMILES string of the molecule is CCNc1nc(C2CC2)nc(NC(C)CC(C)O)c1C. The molecule has 0 aromatic carbocycles. The summed E-state index contributed by atoms with van der Waals surface area (Å²) < 4.78 is 0. The maximum Gasteiger partial charge on any atom is 0.136 e. The van der Waals surface area contributed by atoms with E-state index < -0.39 is 0 Å². The van der Waals surface area contributed by atoms with E-state index in [2.05, 4.69) is 34.4 Å². The lowest BCUT2D eigenvalue weighted by atomic mass is 10.1. The molecule has 0 bridgehead atoms. The van der Waals surface area contributed by atoms with Crippen LogP contribution in [-0.4, -0.2) is 33.8 Å². The molecule has 5 nitrogen and oxygen atoms in total. The van der Waals surface area contributed by atoms with Crippen molar-refractivity contribution >= 4 is 11.6 Å². The van der Waals surface area contributed by atoms with Crippen molar-refractivity contribution in [3.8, 4) is 0 Å². The molecule has 1 aromatic rings. The van der Waals surface area contributed by atoms with Crippen molar-refractivity contribution in [2.24, 2.45) is 0 Å². The molecular weight excluding hydrogens is 252 g/mol. The number of hydrogen-bond acceptors (Lipinski definition) is 5. The van der Waals surface area contributed by atoms with E-state index in [1.807, 2.05) is 13.8 Å². The van der Waals surface area contributed by atoms with Crippen molar-refractivity contribution < 1.29 is 5.11 Å². The van der Waals surface area contributed by atoms with E-state index in [1.54, 1.807) is 0 Å². The molecule has 0 amide bonds. The van der Waals surface area contributed by atoms with Crippen LogP contribution in [0.25, 0.3) is 0 Å². The minimum atomic E-state index is -0.309. The van der Waals surface area contributed by atoms with Gasteiger partial charge in [0.1, 0.15) is 17.5 Å². The molecule has 0 radical (unpaired) electrons. The molecule has 1 saturated carbocycles. The molecule has 1 aliphatic rings. The molecule has 2 atom stereocenters. The summed E-state index contributed by atoms with van der Waals surface area (Å²) in [4.78, 5) is 9.32. The summed E-state index contributed by atoms with van der Waals surface area (Å²) in [5.74, 6) is 3.29. The number of rotatable bonds is 7. The summed E-state index contributed by atoms with van der Waals surface area (Å²) in [5.41, 5.74) is 1.05. The van der Waals surface area contributed by atoms with Crippen LogP contribution in [0.15, 0.2) is 0 Å². The van der Waals surface area contributed by atoms with Gasteiger partial charge in [-0.25, -0.2) is 9.97 Å². The van der Waals surface area contributed by atoms with E-state index in [1.165, 1.54) is 12.8 Å². The fourth-order valence-corrected chi connectivity index (χ4v) is 2.34. The van der Waals surface area contributed by atoms with Crippen LogP contribution in [-0.2, 0) is 0 Å². The second-order valence-corrected chi connectivity index (χ2v) is 5.84. The molecule has 1 fully saturated rings. The monoisotopic (exact) mass is 278 g/mol. The second kappa shape index (κ2) is 6.39. The van der Waals surface area contributed by atoms with Crippen LogP contribution in [0.2, 0.25) is 0 Å². The summed E-state index contributed by atoms with van der Waals surface area (Å²) in [5, 5.41) is 16.2. The van der Waals surface area contributed by atoms with Gasteiger partial charge in [-0.1, -0.05) is 0 Å². The van der Waals surface area contributed by atoms with Crippen LogP contribution in [0.5, 0.6) is 0 Å². The molecule has 0 spiro atoms. The minimum absolute atomic E-state index is 0.185. The van der Waals surface area contributed by atoms with E-state index in [4.69, 9.17) is 0 Å². The predicted octanol–water partition coefficient (Wildman–Crippen LogP) is 2.67. The Labute approximate surface area is 121 Å². The number of aliphatic hydroxyl groups excluding tert-OH is 1. The van der Waals surface area contributed by atoms with Crippen LogP contribution in [0, 0.1) is 6.92 Å². The molecule has 1 aliphatic carbocycles. The average molecular weight is 278 g/mol. The zero-order valence-electron chi connectivity index (χ0n) is 12.9. The summed E-state index contributed by atoms with van der Waals surface area (Å²) in [6, 6.07) is 0.185. The minimum Gasteiger partial charge on any atom is -0.393 e. The summed E-state index contributed by atoms with van der Waals surface area (Å²) >= 11 is 0. The molecule has 5 heteroatoms. The molecule has 1 heterocycles. The highest BCUT2D eigenvalue weighted by Gasteiger charge is 2.28. The molecule has 112 valence electrons. The number of anilines is 2. The zero-order valence-corrected chi connectivity index (χ0v) is 12.9. The van der Waals surface area contributed by atoms with Crippen molar-refractivity contribution in [2.75, 3.05) is 17.2 Å². The van der Waals surface area contributed by atoms with Gasteiger partial charge in [-0.2, -0.15) is 0 Å². The first-order valence-corrected chi connectivity index (χ1v) is 7.58. The largest absolute Gasteiger partial charge is 0.393 e. The number of aliphatic hydroxyl groups is 1. The Balaban J connectivity index is 2.20. The Kier molecular flexibility index (Phi) is 4.81. The Morgan fingerprint density at radius 2 is 1.90 bits per heavy atom. The predicted molar refractivity (Wildman–Crippen MR) is 82.3 cm³/mol. The first-order chi connectivity index (χ1) is 9.51. The van der Waals surface area contributed by atoms with E-state index in [-0.39, 0.29) is 12.1 Å². The Morgan fingerprint density at radius 1 is 1.25 bits per heavy atom. The number of nitrogens with zero attached hydrogens (tertiary/aromatic N) is 2. The number of nitrogens with one attached hydrogen (secondary N) is 2. The molecule has 2 unspecified atom stereocenters. The smallest absolute Gasteiger partial charge is 0.136 e. The third-order valence-corrected chi connectivity index (χ3v) is 3.53. The Hall–Kier alpha value is -1.36. The van der Waals surface area contributed by atoms with Gasteiger partial charge in [0.2, 0.25) is 0 Å². The first kappa shape index (κ1) is 15.0. The van der Waals surface area contributed by atoms with Gasteiger partial charge in [0, 0.05) is 24.1 Å². The summed E-state index contributed by atoms with van der Waals surface area (Å²) in [6.07, 6.45) is 2.78. The van der Waals surface area contributed by atoms with Gasteiger partial charge < -0.3 is 15.7 Å². The molecular formula is C15H26N4O. The maximum atomic E-state index is 9.48. The van der Waals surface area contributed by atoms with Crippen molar-refractivity contribution in [2.45, 2.75) is 65.0 Å². The quantitative estimate of drug-likeness (QED) is 0.715. The van der Waals surface area contributed by atoms with Crippen molar-refractivity contribution in [3.05, 3.63) is 11.4 Å². The molecule has 0 saturated heterocycles. The number of hydrogen-bond donors (Lipinski definition) is 3. The Morgan fingerprint density at radius 3 is 2.45 bits per heavy atom. The highest BCUT2D eigenvalue weighted by atomic mass is 16.3. The van der Waals surface area contributed by atoms with Crippen LogP contribution in [0.4, 0.5) is 11.6 Å². The summed E-state index contributed by atoms with van der Waals surface area (Å²) in [6.45, 7) is 8.83. The van der Waals surface area contributed by atoms with Crippen molar-refractivity contribution in [1.82, 2.24) is 9.97 Å². The van der Waals surface area contributed by atoms with Gasteiger partial charge in [0.05, 0.1) is 6.10 Å². The Bertz CT molecular complexity index is 457. The third kappa shape index (κ3) is 3.82. The lowest BCUT2D eigenvalue weighted by molar-refractivity contribution is 0.179. The average Bonchev–Trinajstić information content (AvgIpc) is 3.17. The van der Waals surface area contributed by atoms with Crippen LogP contribution >= 0.6 is 0 Å². The molecule has 3 N–H and O–H groups in total. The fourth-order valence-electron chi connectivity index (χ4n) is 2.34. The maximum absolute atomic E-state index is 9.48. The van der Waals surface area contributed by atoms with Crippen LogP contribution in [0.1, 0.15) is 57.3 Å². The van der Waals surface area contributed by atoms with Gasteiger partial charge in [-0.15, -0.1) is 0 Å². The molecule has 1 aromatic heterocycles. The summed E-state index contributed by atoms with van der Waals surface area (Å²) in [7, 11) is 0. The second-order valence-electron chi connectivity index (χ2n) is 5.84. The third-order valence-electron chi connectivity index (χ3n) is 3.53. The van der Waals surface area contributed by atoms with Gasteiger partial charge in [-0.05, 0) is 47.0 Å².